The van der Waals surface area contributed by atoms with Crippen LogP contribution in [0.3, 0.4) is 0 Å². The highest BCUT2D eigenvalue weighted by atomic mass is 28.4. The molecule has 0 spiro atoms. The summed E-state index contributed by atoms with van der Waals surface area (Å²) in [6, 6.07) is 30.0. The molecule has 68 heavy (non-hydrogen) atoms. The molecular formula is C61H97O4Si3-. The maximum atomic E-state index is 6.41. The van der Waals surface area contributed by atoms with E-state index in [0.717, 1.165) is 89.3 Å². The molecule has 3 unspecified atom stereocenters. The van der Waals surface area contributed by atoms with Gasteiger partial charge in [0.25, 0.3) is 0 Å². The van der Waals surface area contributed by atoms with Crippen LogP contribution >= 0.6 is 0 Å². The molecule has 0 heterocycles. The van der Waals surface area contributed by atoms with E-state index in [-0.39, 0.29) is 10.1 Å². The second-order valence-electron chi connectivity index (χ2n) is 24.1. The molecule has 1 aliphatic rings. The van der Waals surface area contributed by atoms with E-state index >= 15 is 0 Å². The third-order valence-corrected chi connectivity index (χ3v) is 26.6. The van der Waals surface area contributed by atoms with Crippen molar-refractivity contribution in [2.75, 3.05) is 26.4 Å². The van der Waals surface area contributed by atoms with Gasteiger partial charge in [0.2, 0.25) is 0 Å². The van der Waals surface area contributed by atoms with Gasteiger partial charge in [-0.15, -0.1) is 35.8 Å². The van der Waals surface area contributed by atoms with Crippen molar-refractivity contribution >= 4 is 35.5 Å². The summed E-state index contributed by atoms with van der Waals surface area (Å²) in [6.45, 7) is 38.6. The lowest BCUT2D eigenvalue weighted by Crippen LogP contribution is -2.40. The van der Waals surface area contributed by atoms with Crippen LogP contribution in [0.25, 0.3) is 5.57 Å². The fraction of sp³-hybridized carbons (Fsp3) is 0.590. The molecule has 1 aliphatic carbocycles. The van der Waals surface area contributed by atoms with Gasteiger partial charge in [0.15, 0.2) is 16.6 Å². The highest BCUT2D eigenvalue weighted by Crippen LogP contribution is 2.42. The highest BCUT2D eigenvalue weighted by Gasteiger charge is 2.37. The quantitative estimate of drug-likeness (QED) is 0.0395. The molecular weight excluding hydrogens is 881 g/mol. The number of benzene rings is 3. The minimum atomic E-state index is -1.68. The summed E-state index contributed by atoms with van der Waals surface area (Å²) in [4.78, 5) is 0. The molecule has 0 fully saturated rings. The Kier molecular flexibility index (Phi) is 22.8. The minimum absolute atomic E-state index is 0.260. The molecule has 0 saturated carbocycles. The number of allylic oxidation sites excluding steroid dienone is 5. The van der Waals surface area contributed by atoms with Crippen LogP contribution in [0, 0.1) is 12.3 Å². The zero-order valence-corrected chi connectivity index (χ0v) is 49.0. The second kappa shape index (κ2) is 26.9. The van der Waals surface area contributed by atoms with Crippen molar-refractivity contribution in [2.24, 2.45) is 5.92 Å². The van der Waals surface area contributed by atoms with E-state index in [1.54, 1.807) is 0 Å². The number of rotatable bonds is 29. The predicted octanol–water partition coefficient (Wildman–Crippen LogP) is 18.0. The first kappa shape index (κ1) is 57.5. The topological polar surface area (TPSA) is 36.9 Å². The summed E-state index contributed by atoms with van der Waals surface area (Å²) in [6.07, 6.45) is 22.4. The van der Waals surface area contributed by atoms with Gasteiger partial charge in [-0.3, -0.25) is 0 Å². The fourth-order valence-corrected chi connectivity index (χ4v) is 11.8. The first-order valence-electron chi connectivity index (χ1n) is 26.8. The summed E-state index contributed by atoms with van der Waals surface area (Å²) >= 11 is 0. The summed E-state index contributed by atoms with van der Waals surface area (Å²) in [5.74, 6) is 3.34. The lowest BCUT2D eigenvalue weighted by molar-refractivity contribution is 0.214. The van der Waals surface area contributed by atoms with E-state index in [0.29, 0.717) is 17.8 Å². The van der Waals surface area contributed by atoms with Gasteiger partial charge in [-0.05, 0) is 122 Å². The molecule has 4 rings (SSSR count). The Bertz CT molecular complexity index is 1990. The van der Waals surface area contributed by atoms with Crippen LogP contribution in [0.1, 0.15) is 161 Å². The molecule has 0 radical (unpaired) electrons. The molecule has 4 nitrogen and oxygen atoms in total. The summed E-state index contributed by atoms with van der Waals surface area (Å²) in [7, 11) is -4.75. The Hall–Kier alpha value is -3.08. The van der Waals surface area contributed by atoms with E-state index < -0.39 is 24.7 Å². The van der Waals surface area contributed by atoms with Crippen molar-refractivity contribution < 1.29 is 18.3 Å². The lowest BCUT2D eigenvalue weighted by Gasteiger charge is -2.36. The Morgan fingerprint density at radius 3 is 1.56 bits per heavy atom. The van der Waals surface area contributed by atoms with Crippen molar-refractivity contribution in [1.82, 2.24) is 0 Å². The SMILES string of the molecule is CCC(C)CC(CC(CC(=C1C=CC(OCCCCCCO[Si](C)(C)C(C)(C)C)=C[CH-]1)c1ccc(OCCCCCCO[Si](C)(C)C(C)(C)C)cc1)c1ccccc1)c1ccc([Si](C)(C)C)cc1. The molecule has 0 aliphatic heterocycles. The number of hydrogen-bond acceptors (Lipinski definition) is 4. The van der Waals surface area contributed by atoms with Crippen LogP contribution in [-0.4, -0.2) is 51.1 Å². The average molecular weight is 979 g/mol. The lowest BCUT2D eigenvalue weighted by atomic mass is 9.76. The van der Waals surface area contributed by atoms with Gasteiger partial charge in [0.1, 0.15) is 5.75 Å². The first-order valence-corrected chi connectivity index (χ1v) is 36.1. The van der Waals surface area contributed by atoms with Crippen LogP contribution in [0.15, 0.2) is 108 Å². The van der Waals surface area contributed by atoms with Crippen LogP contribution in [-0.2, 0) is 13.6 Å². The monoisotopic (exact) mass is 978 g/mol. The smallest absolute Gasteiger partial charge is 0.191 e. The van der Waals surface area contributed by atoms with E-state index in [9.17, 15) is 0 Å². The fourth-order valence-electron chi connectivity index (χ4n) is 8.42. The second-order valence-corrected chi connectivity index (χ2v) is 38.8. The van der Waals surface area contributed by atoms with Crippen LogP contribution in [0.2, 0.25) is 55.9 Å². The van der Waals surface area contributed by atoms with Gasteiger partial charge in [-0.25, -0.2) is 0 Å². The third-order valence-electron chi connectivity index (χ3n) is 15.5. The van der Waals surface area contributed by atoms with E-state index in [4.69, 9.17) is 18.3 Å². The largest absolute Gasteiger partial charge is 0.537 e. The molecule has 0 amide bonds. The van der Waals surface area contributed by atoms with E-state index in [2.05, 4.69) is 205 Å². The van der Waals surface area contributed by atoms with E-state index in [1.807, 2.05) is 0 Å². The minimum Gasteiger partial charge on any atom is -0.537 e. The third kappa shape index (κ3) is 18.9. The Balaban J connectivity index is 1.50. The molecule has 0 bridgehead atoms. The summed E-state index contributed by atoms with van der Waals surface area (Å²) in [5, 5.41) is 2.05. The zero-order chi connectivity index (χ0) is 50.0. The van der Waals surface area contributed by atoms with E-state index in [1.165, 1.54) is 58.7 Å². The van der Waals surface area contributed by atoms with Crippen molar-refractivity contribution in [3.05, 3.63) is 132 Å². The van der Waals surface area contributed by atoms with Crippen molar-refractivity contribution in [3.8, 4) is 5.75 Å². The summed E-state index contributed by atoms with van der Waals surface area (Å²) in [5.41, 5.74) is 6.77. The standard InChI is InChI=1S/C61H97O4Si3/c1-16-49(2)46-54(51-34-40-58(41-35-51)66(9,10)11)47-55(50-28-22-21-23-29-50)48-59(52-30-36-56(37-31-52)62-42-24-17-19-26-44-64-67(12,13)60(3,4)5)53-32-38-57(39-33-53)63-43-25-18-20-27-45-65-68(14,15)61(6,7)8/h21-23,28-41,49,54-55H,16-20,24-27,42-48H2,1-15H3/q-1. The van der Waals surface area contributed by atoms with Gasteiger partial charge < -0.3 is 18.3 Å². The van der Waals surface area contributed by atoms with Gasteiger partial charge in [-0.2, -0.15) is 0 Å². The molecule has 0 N–H and O–H groups in total. The van der Waals surface area contributed by atoms with Gasteiger partial charge >= 0.3 is 0 Å². The van der Waals surface area contributed by atoms with Gasteiger partial charge in [0, 0.05) is 19.0 Å². The molecule has 0 aromatic heterocycles. The Morgan fingerprint density at radius 1 is 0.559 bits per heavy atom. The predicted molar refractivity (Wildman–Crippen MR) is 304 cm³/mol. The van der Waals surface area contributed by atoms with Crippen molar-refractivity contribution in [1.29, 1.82) is 0 Å². The van der Waals surface area contributed by atoms with Crippen LogP contribution < -0.4 is 9.92 Å². The molecule has 3 aromatic rings. The van der Waals surface area contributed by atoms with Gasteiger partial charge in [0.05, 0.1) is 21.3 Å². The maximum absolute atomic E-state index is 6.41. The van der Waals surface area contributed by atoms with Gasteiger partial charge in [-0.1, -0.05) is 185 Å². The first-order chi connectivity index (χ1) is 32.0. The number of unbranched alkanes of at least 4 members (excludes halogenated alkanes) is 6. The van der Waals surface area contributed by atoms with Crippen molar-refractivity contribution in [2.45, 2.75) is 200 Å². The number of hydrogen-bond donors (Lipinski definition) is 0. The molecule has 3 atom stereocenters. The maximum Gasteiger partial charge on any atom is 0.191 e. The molecule has 7 heteroatoms. The summed E-state index contributed by atoms with van der Waals surface area (Å²) < 4.78 is 25.5. The average Bonchev–Trinajstić information content (AvgIpc) is 3.29. The van der Waals surface area contributed by atoms with Crippen LogP contribution in [0.4, 0.5) is 0 Å². The molecule has 378 valence electrons. The Labute approximate surface area is 421 Å². The Morgan fingerprint density at radius 2 is 1.07 bits per heavy atom. The molecule has 0 saturated heterocycles. The van der Waals surface area contributed by atoms with Crippen molar-refractivity contribution in [3.63, 3.8) is 0 Å². The van der Waals surface area contributed by atoms with Crippen LogP contribution in [0.5, 0.6) is 5.75 Å². The molecule has 3 aromatic carbocycles. The highest BCUT2D eigenvalue weighted by molar-refractivity contribution is 6.88. The zero-order valence-electron chi connectivity index (χ0n) is 46.0. The normalized spacial score (nSPS) is 15.9. The number of ether oxygens (including phenoxy) is 2.